The standard InChI is InChI=1S/C23H33ClN4O2S/c1-22(2,18-15-25-27(3)16-18)26-31(29,30)21-9-8-19(14-20(21)24)28-13-12-23(17-28)10-6-4-5-7-11-23/h8-9,14-16,26H,4-7,10-13,17H2,1-3H3. The van der Waals surface area contributed by atoms with Gasteiger partial charge in [0.15, 0.2) is 0 Å². The molecule has 1 aliphatic carbocycles. The summed E-state index contributed by atoms with van der Waals surface area (Å²) < 4.78 is 30.7. The predicted octanol–water partition coefficient (Wildman–Crippen LogP) is 4.84. The molecule has 4 rings (SSSR count). The molecule has 1 spiro atoms. The van der Waals surface area contributed by atoms with Crippen LogP contribution in [-0.4, -0.2) is 31.3 Å². The molecule has 2 aliphatic rings. The first kappa shape index (κ1) is 22.6. The predicted molar refractivity (Wildman–Crippen MR) is 125 cm³/mol. The Bertz CT molecular complexity index is 1040. The van der Waals surface area contributed by atoms with E-state index in [0.29, 0.717) is 5.41 Å². The maximum Gasteiger partial charge on any atom is 0.242 e. The normalized spacial score (nSPS) is 19.7. The van der Waals surface area contributed by atoms with Crippen LogP contribution in [0.2, 0.25) is 5.02 Å². The SMILES string of the molecule is Cn1cc(C(C)(C)NS(=O)(=O)c2ccc(N3CCC4(CCCCCC4)C3)cc2Cl)cn1. The summed E-state index contributed by atoms with van der Waals surface area (Å²) >= 11 is 6.51. The third-order valence-electron chi connectivity index (χ3n) is 6.99. The van der Waals surface area contributed by atoms with Gasteiger partial charge in [0, 0.05) is 37.6 Å². The molecule has 1 saturated heterocycles. The van der Waals surface area contributed by atoms with Crippen LogP contribution in [0.5, 0.6) is 0 Å². The Hall–Kier alpha value is -1.57. The average molecular weight is 465 g/mol. The van der Waals surface area contributed by atoms with Crippen LogP contribution in [-0.2, 0) is 22.6 Å². The van der Waals surface area contributed by atoms with E-state index in [1.165, 1.54) is 44.9 Å². The van der Waals surface area contributed by atoms with Gasteiger partial charge >= 0.3 is 0 Å². The van der Waals surface area contributed by atoms with E-state index in [0.717, 1.165) is 24.3 Å². The topological polar surface area (TPSA) is 67.2 Å². The number of rotatable bonds is 5. The lowest BCUT2D eigenvalue weighted by Crippen LogP contribution is -2.40. The van der Waals surface area contributed by atoms with Gasteiger partial charge < -0.3 is 4.90 Å². The molecule has 2 fully saturated rings. The van der Waals surface area contributed by atoms with Crippen LogP contribution in [0, 0.1) is 5.41 Å². The summed E-state index contributed by atoms with van der Waals surface area (Å²) in [4.78, 5) is 2.49. The lowest BCUT2D eigenvalue weighted by atomic mass is 9.80. The number of hydrogen-bond donors (Lipinski definition) is 1. The molecule has 0 amide bonds. The maximum absolute atomic E-state index is 13.1. The van der Waals surface area contributed by atoms with Crippen molar-refractivity contribution in [2.24, 2.45) is 12.5 Å². The van der Waals surface area contributed by atoms with Crippen molar-refractivity contribution in [3.8, 4) is 0 Å². The molecule has 6 nitrogen and oxygen atoms in total. The van der Waals surface area contributed by atoms with Crippen LogP contribution in [0.4, 0.5) is 5.69 Å². The smallest absolute Gasteiger partial charge is 0.242 e. The Balaban J connectivity index is 1.52. The molecule has 0 unspecified atom stereocenters. The van der Waals surface area contributed by atoms with Crippen molar-refractivity contribution in [2.75, 3.05) is 18.0 Å². The van der Waals surface area contributed by atoms with Crippen molar-refractivity contribution in [2.45, 2.75) is 69.2 Å². The second-order valence-electron chi connectivity index (χ2n) is 9.83. The summed E-state index contributed by atoms with van der Waals surface area (Å²) in [5, 5.41) is 4.41. The highest BCUT2D eigenvalue weighted by molar-refractivity contribution is 7.89. The Labute approximate surface area is 191 Å². The van der Waals surface area contributed by atoms with Crippen LogP contribution >= 0.6 is 11.6 Å². The van der Waals surface area contributed by atoms with Crippen molar-refractivity contribution < 1.29 is 8.42 Å². The number of hydrogen-bond acceptors (Lipinski definition) is 4. The van der Waals surface area contributed by atoms with E-state index in [1.54, 1.807) is 24.0 Å². The van der Waals surface area contributed by atoms with Crippen LogP contribution in [0.15, 0.2) is 35.5 Å². The fraction of sp³-hybridized carbons (Fsp3) is 0.609. The number of nitrogens with one attached hydrogen (secondary N) is 1. The fourth-order valence-corrected chi connectivity index (χ4v) is 7.08. The summed E-state index contributed by atoms with van der Waals surface area (Å²) in [5.41, 5.74) is 1.41. The van der Waals surface area contributed by atoms with Crippen molar-refractivity contribution >= 4 is 27.3 Å². The Morgan fingerprint density at radius 1 is 1.13 bits per heavy atom. The van der Waals surface area contributed by atoms with Gasteiger partial charge in [0.1, 0.15) is 4.90 Å². The summed E-state index contributed by atoms with van der Waals surface area (Å²) in [5.74, 6) is 0. The zero-order valence-corrected chi connectivity index (χ0v) is 20.3. The lowest BCUT2D eigenvalue weighted by Gasteiger charge is -2.29. The van der Waals surface area contributed by atoms with E-state index >= 15 is 0 Å². The zero-order chi connectivity index (χ0) is 22.3. The van der Waals surface area contributed by atoms with Gasteiger partial charge in [0.05, 0.1) is 16.8 Å². The van der Waals surface area contributed by atoms with Gasteiger partial charge in [0.2, 0.25) is 10.0 Å². The minimum atomic E-state index is -3.80. The molecule has 2 aromatic rings. The molecule has 0 bridgehead atoms. The summed E-state index contributed by atoms with van der Waals surface area (Å²) in [7, 11) is -1.99. The molecular weight excluding hydrogens is 432 g/mol. The molecule has 0 radical (unpaired) electrons. The first-order valence-corrected chi connectivity index (χ1v) is 13.0. The number of halogens is 1. The molecule has 1 saturated carbocycles. The molecule has 170 valence electrons. The van der Waals surface area contributed by atoms with E-state index in [1.807, 2.05) is 32.2 Å². The average Bonchev–Trinajstić information content (AvgIpc) is 3.24. The van der Waals surface area contributed by atoms with E-state index < -0.39 is 15.6 Å². The number of nitrogens with zero attached hydrogens (tertiary/aromatic N) is 3. The van der Waals surface area contributed by atoms with Crippen LogP contribution in [0.3, 0.4) is 0 Å². The van der Waals surface area contributed by atoms with Gasteiger partial charge in [-0.1, -0.05) is 37.3 Å². The minimum Gasteiger partial charge on any atom is -0.371 e. The van der Waals surface area contributed by atoms with Crippen molar-refractivity contribution in [3.63, 3.8) is 0 Å². The molecule has 2 heterocycles. The second-order valence-corrected chi connectivity index (χ2v) is 11.9. The molecular formula is C23H33ClN4O2S. The zero-order valence-electron chi connectivity index (χ0n) is 18.7. The van der Waals surface area contributed by atoms with E-state index in [4.69, 9.17) is 11.6 Å². The number of benzene rings is 1. The number of sulfonamides is 1. The number of aryl methyl sites for hydroxylation is 1. The second kappa shape index (κ2) is 8.41. The summed E-state index contributed by atoms with van der Waals surface area (Å²) in [6.07, 6.45) is 12.6. The highest BCUT2D eigenvalue weighted by atomic mass is 35.5. The first-order chi connectivity index (χ1) is 14.6. The van der Waals surface area contributed by atoms with Gasteiger partial charge in [-0.25, -0.2) is 13.1 Å². The van der Waals surface area contributed by atoms with Gasteiger partial charge in [-0.2, -0.15) is 5.10 Å². The quantitative estimate of drug-likeness (QED) is 0.687. The molecule has 0 atom stereocenters. The minimum absolute atomic E-state index is 0.109. The van der Waals surface area contributed by atoms with Crippen LogP contribution in [0.25, 0.3) is 0 Å². The molecule has 8 heteroatoms. The Morgan fingerprint density at radius 3 is 2.45 bits per heavy atom. The van der Waals surface area contributed by atoms with Gasteiger partial charge in [0.25, 0.3) is 0 Å². The van der Waals surface area contributed by atoms with Gasteiger partial charge in [-0.15, -0.1) is 0 Å². The third kappa shape index (κ3) is 4.78. The van der Waals surface area contributed by atoms with Crippen molar-refractivity contribution in [1.82, 2.24) is 14.5 Å². The van der Waals surface area contributed by atoms with Crippen LogP contribution < -0.4 is 9.62 Å². The Morgan fingerprint density at radius 2 is 1.84 bits per heavy atom. The maximum atomic E-state index is 13.1. The third-order valence-corrected chi connectivity index (χ3v) is 9.13. The van der Waals surface area contributed by atoms with Gasteiger partial charge in [-0.3, -0.25) is 4.68 Å². The fourth-order valence-electron chi connectivity index (χ4n) is 5.14. The molecule has 1 aromatic heterocycles. The summed E-state index contributed by atoms with van der Waals surface area (Å²) in [6, 6.07) is 5.34. The highest BCUT2D eigenvalue weighted by Crippen LogP contribution is 2.44. The van der Waals surface area contributed by atoms with Crippen molar-refractivity contribution in [3.05, 3.63) is 41.2 Å². The van der Waals surface area contributed by atoms with E-state index in [-0.39, 0.29) is 9.92 Å². The highest BCUT2D eigenvalue weighted by Gasteiger charge is 2.38. The summed E-state index contributed by atoms with van der Waals surface area (Å²) in [6.45, 7) is 5.69. The monoisotopic (exact) mass is 464 g/mol. The number of anilines is 1. The lowest BCUT2D eigenvalue weighted by molar-refractivity contribution is 0.280. The molecule has 1 aliphatic heterocycles. The molecule has 1 aromatic carbocycles. The molecule has 31 heavy (non-hydrogen) atoms. The van der Waals surface area contributed by atoms with E-state index in [9.17, 15) is 8.42 Å². The first-order valence-electron chi connectivity index (χ1n) is 11.2. The van der Waals surface area contributed by atoms with E-state index in [2.05, 4.69) is 14.7 Å². The van der Waals surface area contributed by atoms with Gasteiger partial charge in [-0.05, 0) is 56.7 Å². The number of aromatic nitrogens is 2. The molecule has 1 N–H and O–H groups in total. The largest absolute Gasteiger partial charge is 0.371 e. The Kier molecular flexibility index (Phi) is 6.14. The van der Waals surface area contributed by atoms with Crippen molar-refractivity contribution in [1.29, 1.82) is 0 Å². The van der Waals surface area contributed by atoms with Crippen LogP contribution in [0.1, 0.15) is 64.4 Å².